The van der Waals surface area contributed by atoms with Gasteiger partial charge in [-0.15, -0.1) is 0 Å². The van der Waals surface area contributed by atoms with E-state index in [9.17, 15) is 0 Å². The number of pyridine rings is 1. The molecule has 1 heterocycles. The first kappa shape index (κ1) is 16.4. The van der Waals surface area contributed by atoms with Crippen LogP contribution in [0.25, 0.3) is 0 Å². The van der Waals surface area contributed by atoms with Crippen LogP contribution in [-0.4, -0.2) is 23.7 Å². The van der Waals surface area contributed by atoms with Crippen molar-refractivity contribution in [2.75, 3.05) is 13.2 Å². The molecule has 1 aliphatic rings. The van der Waals surface area contributed by atoms with Gasteiger partial charge in [0.15, 0.2) is 0 Å². The van der Waals surface area contributed by atoms with E-state index < -0.39 is 0 Å². The van der Waals surface area contributed by atoms with E-state index in [2.05, 4.69) is 37.1 Å². The molecule has 1 aromatic rings. The molecule has 0 spiro atoms. The van der Waals surface area contributed by atoms with Crippen LogP contribution in [0.15, 0.2) is 18.5 Å². The molecule has 1 unspecified atom stereocenters. The first-order valence-electron chi connectivity index (χ1n) is 8.51. The maximum absolute atomic E-state index is 6.35. The summed E-state index contributed by atoms with van der Waals surface area (Å²) in [5.74, 6) is 0. The van der Waals surface area contributed by atoms with Crippen LogP contribution >= 0.6 is 0 Å². The fraction of sp³-hybridized carbons (Fsp3) is 0.722. The quantitative estimate of drug-likeness (QED) is 0.818. The van der Waals surface area contributed by atoms with Crippen LogP contribution in [0.5, 0.6) is 0 Å². The molecule has 1 aromatic heterocycles. The minimum absolute atomic E-state index is 0.0596. The van der Waals surface area contributed by atoms with Gasteiger partial charge in [0.2, 0.25) is 0 Å². The van der Waals surface area contributed by atoms with Crippen molar-refractivity contribution in [1.29, 1.82) is 0 Å². The highest BCUT2D eigenvalue weighted by atomic mass is 16.5. The van der Waals surface area contributed by atoms with E-state index >= 15 is 0 Å². The van der Waals surface area contributed by atoms with Gasteiger partial charge in [-0.1, -0.05) is 26.2 Å². The smallest absolute Gasteiger partial charge is 0.0876 e. The molecule has 118 valence electrons. The first-order chi connectivity index (χ1) is 10.2. The molecule has 2 rings (SSSR count). The van der Waals surface area contributed by atoms with E-state index in [0.717, 1.165) is 32.4 Å². The third kappa shape index (κ3) is 3.83. The second kappa shape index (κ2) is 7.90. The summed E-state index contributed by atoms with van der Waals surface area (Å²) in [6.45, 7) is 8.31. The largest absolute Gasteiger partial charge is 0.373 e. The number of hydrogen-bond donors (Lipinski definition) is 1. The summed E-state index contributed by atoms with van der Waals surface area (Å²) >= 11 is 0. The summed E-state index contributed by atoms with van der Waals surface area (Å²) < 4.78 is 6.35. The molecule has 0 saturated heterocycles. The van der Waals surface area contributed by atoms with Crippen molar-refractivity contribution < 1.29 is 4.74 Å². The van der Waals surface area contributed by atoms with Crippen LogP contribution in [0.4, 0.5) is 0 Å². The number of hydrogen-bond acceptors (Lipinski definition) is 3. The highest BCUT2D eigenvalue weighted by Gasteiger charge is 2.41. The van der Waals surface area contributed by atoms with Gasteiger partial charge < -0.3 is 10.1 Å². The molecule has 1 fully saturated rings. The zero-order valence-electron chi connectivity index (χ0n) is 13.8. The van der Waals surface area contributed by atoms with E-state index in [1.807, 2.05) is 12.4 Å². The van der Waals surface area contributed by atoms with E-state index in [4.69, 9.17) is 4.74 Å². The third-order valence-electron chi connectivity index (χ3n) is 4.65. The summed E-state index contributed by atoms with van der Waals surface area (Å²) in [6, 6.07) is 2.37. The lowest BCUT2D eigenvalue weighted by atomic mass is 9.76. The van der Waals surface area contributed by atoms with Crippen molar-refractivity contribution in [3.8, 4) is 0 Å². The average Bonchev–Trinajstić information content (AvgIpc) is 2.50. The zero-order chi connectivity index (χ0) is 15.1. The van der Waals surface area contributed by atoms with Crippen LogP contribution in [-0.2, 0) is 4.74 Å². The van der Waals surface area contributed by atoms with Gasteiger partial charge >= 0.3 is 0 Å². The first-order valence-corrected chi connectivity index (χ1v) is 8.51. The van der Waals surface area contributed by atoms with Crippen molar-refractivity contribution in [2.45, 2.75) is 70.9 Å². The Morgan fingerprint density at radius 3 is 2.67 bits per heavy atom. The molecule has 1 aliphatic carbocycles. The molecular weight excluding hydrogens is 260 g/mol. The van der Waals surface area contributed by atoms with Crippen molar-refractivity contribution in [3.63, 3.8) is 0 Å². The molecule has 0 bridgehead atoms. The van der Waals surface area contributed by atoms with Gasteiger partial charge in [0, 0.05) is 19.0 Å². The molecule has 1 N–H and O–H groups in total. The number of rotatable bonds is 7. The van der Waals surface area contributed by atoms with Crippen molar-refractivity contribution in [1.82, 2.24) is 10.3 Å². The summed E-state index contributed by atoms with van der Waals surface area (Å²) in [6.07, 6.45) is 11.2. The highest BCUT2D eigenvalue weighted by molar-refractivity contribution is 5.28. The summed E-state index contributed by atoms with van der Waals surface area (Å²) in [5.41, 5.74) is 2.56. The molecule has 0 aliphatic heterocycles. The number of aromatic nitrogens is 1. The van der Waals surface area contributed by atoms with Crippen LogP contribution in [0.3, 0.4) is 0 Å². The number of ether oxygens (including phenoxy) is 1. The fourth-order valence-electron chi connectivity index (χ4n) is 3.60. The van der Waals surface area contributed by atoms with Crippen LogP contribution in [0, 0.1) is 6.92 Å². The predicted octanol–water partition coefficient (Wildman–Crippen LogP) is 4.17. The Balaban J connectivity index is 2.34. The second-order valence-electron chi connectivity index (χ2n) is 6.18. The Morgan fingerprint density at radius 1 is 1.29 bits per heavy atom. The number of aryl methyl sites for hydroxylation is 1. The summed E-state index contributed by atoms with van der Waals surface area (Å²) in [5, 5.41) is 3.76. The van der Waals surface area contributed by atoms with Crippen molar-refractivity contribution in [2.24, 2.45) is 0 Å². The van der Waals surface area contributed by atoms with Gasteiger partial charge in [-0.25, -0.2) is 0 Å². The zero-order valence-corrected chi connectivity index (χ0v) is 13.8. The van der Waals surface area contributed by atoms with Gasteiger partial charge in [0.05, 0.1) is 11.6 Å². The summed E-state index contributed by atoms with van der Waals surface area (Å²) in [4.78, 5) is 4.37. The maximum Gasteiger partial charge on any atom is 0.0876 e. The lowest BCUT2D eigenvalue weighted by Crippen LogP contribution is -2.48. The Morgan fingerprint density at radius 2 is 2.05 bits per heavy atom. The topological polar surface area (TPSA) is 34.2 Å². The van der Waals surface area contributed by atoms with Crippen molar-refractivity contribution >= 4 is 0 Å². The van der Waals surface area contributed by atoms with E-state index in [1.165, 1.54) is 30.4 Å². The summed E-state index contributed by atoms with van der Waals surface area (Å²) in [7, 11) is 0. The maximum atomic E-state index is 6.35. The molecule has 0 radical (unpaired) electrons. The Bertz CT molecular complexity index is 421. The standard InChI is InChI=1S/C18H30N2O/c1-4-12-20-17(16-14-19-13-9-15(16)3)18(21-5-2)10-7-6-8-11-18/h9,13-14,17,20H,4-8,10-12H2,1-3H3. The van der Waals surface area contributed by atoms with Gasteiger partial charge in [0.25, 0.3) is 0 Å². The molecule has 1 atom stereocenters. The third-order valence-corrected chi connectivity index (χ3v) is 4.65. The van der Waals surface area contributed by atoms with Gasteiger partial charge in [-0.05, 0) is 56.8 Å². The molecule has 0 amide bonds. The lowest BCUT2D eigenvalue weighted by Gasteiger charge is -2.44. The van der Waals surface area contributed by atoms with Crippen LogP contribution in [0.1, 0.15) is 69.5 Å². The van der Waals surface area contributed by atoms with Gasteiger partial charge in [-0.2, -0.15) is 0 Å². The SMILES string of the molecule is CCCNC(c1cnccc1C)C1(OCC)CCCCC1. The molecule has 0 aromatic carbocycles. The lowest BCUT2D eigenvalue weighted by molar-refractivity contribution is -0.0914. The van der Waals surface area contributed by atoms with Gasteiger partial charge in [0.1, 0.15) is 0 Å². The molecular formula is C18H30N2O. The average molecular weight is 290 g/mol. The van der Waals surface area contributed by atoms with E-state index in [-0.39, 0.29) is 11.6 Å². The van der Waals surface area contributed by atoms with Gasteiger partial charge in [-0.3, -0.25) is 4.98 Å². The van der Waals surface area contributed by atoms with Crippen molar-refractivity contribution in [3.05, 3.63) is 29.6 Å². The highest BCUT2D eigenvalue weighted by Crippen LogP contribution is 2.42. The van der Waals surface area contributed by atoms with E-state index in [1.54, 1.807) is 0 Å². The second-order valence-corrected chi connectivity index (χ2v) is 6.18. The Hall–Kier alpha value is -0.930. The molecule has 3 heteroatoms. The molecule has 1 saturated carbocycles. The minimum atomic E-state index is -0.0596. The molecule has 21 heavy (non-hydrogen) atoms. The number of nitrogens with zero attached hydrogens (tertiary/aromatic N) is 1. The van der Waals surface area contributed by atoms with E-state index in [0.29, 0.717) is 0 Å². The fourth-order valence-corrected chi connectivity index (χ4v) is 3.60. The Kier molecular flexibility index (Phi) is 6.19. The normalized spacial score (nSPS) is 19.4. The monoisotopic (exact) mass is 290 g/mol. The number of nitrogens with one attached hydrogen (secondary N) is 1. The van der Waals surface area contributed by atoms with Crippen LogP contribution in [0.2, 0.25) is 0 Å². The Labute approximate surface area is 129 Å². The minimum Gasteiger partial charge on any atom is -0.373 e. The molecule has 3 nitrogen and oxygen atoms in total. The predicted molar refractivity (Wildman–Crippen MR) is 87.5 cm³/mol. The van der Waals surface area contributed by atoms with Crippen LogP contribution < -0.4 is 5.32 Å².